The molecule has 2 rings (SSSR count). The third-order valence-electron chi connectivity index (χ3n) is 2.93. The zero-order valence-corrected chi connectivity index (χ0v) is 10.7. The van der Waals surface area contributed by atoms with Crippen LogP contribution in [0.5, 0.6) is 0 Å². The van der Waals surface area contributed by atoms with Crippen molar-refractivity contribution in [1.82, 2.24) is 0 Å². The van der Waals surface area contributed by atoms with Crippen LogP contribution >= 0.6 is 0 Å². The number of nitrogens with one attached hydrogen (secondary N) is 1. The zero-order valence-electron chi connectivity index (χ0n) is 10.7. The maximum atomic E-state index is 11.7. The first-order valence-electron chi connectivity index (χ1n) is 5.65. The van der Waals surface area contributed by atoms with Gasteiger partial charge in [-0.1, -0.05) is 6.07 Å². The Bertz CT molecular complexity index is 455. The summed E-state index contributed by atoms with van der Waals surface area (Å²) < 4.78 is 4.81. The van der Waals surface area contributed by atoms with E-state index in [4.69, 9.17) is 4.74 Å². The Morgan fingerprint density at radius 1 is 1.47 bits per heavy atom. The summed E-state index contributed by atoms with van der Waals surface area (Å²) in [6.45, 7) is 5.11. The summed E-state index contributed by atoms with van der Waals surface area (Å²) in [6.07, 6.45) is 0. The van der Waals surface area contributed by atoms with Crippen molar-refractivity contribution >= 4 is 17.3 Å². The summed E-state index contributed by atoms with van der Waals surface area (Å²) >= 11 is 0. The molecular formula is C13H18N2O2. The van der Waals surface area contributed by atoms with E-state index < -0.39 is 0 Å². The number of ether oxygens (including phenoxy) is 1. The van der Waals surface area contributed by atoms with Gasteiger partial charge in [-0.05, 0) is 26.0 Å². The number of nitrogens with zero attached hydrogens (tertiary/aromatic N) is 1. The molecule has 0 spiro atoms. The minimum atomic E-state index is -0.296. The molecule has 0 bridgehead atoms. The SMILES string of the molecule is COC(=O)c1cccc2c1N(C)CC(C)(C)N2. The van der Waals surface area contributed by atoms with Crippen molar-refractivity contribution < 1.29 is 9.53 Å². The minimum absolute atomic E-state index is 0.00348. The Morgan fingerprint density at radius 3 is 2.82 bits per heavy atom. The zero-order chi connectivity index (χ0) is 12.6. The van der Waals surface area contributed by atoms with Gasteiger partial charge in [-0.3, -0.25) is 0 Å². The highest BCUT2D eigenvalue weighted by Crippen LogP contribution is 2.36. The summed E-state index contributed by atoms with van der Waals surface area (Å²) in [5.74, 6) is -0.296. The van der Waals surface area contributed by atoms with Crippen LogP contribution in [0.25, 0.3) is 0 Å². The predicted molar refractivity (Wildman–Crippen MR) is 68.8 cm³/mol. The smallest absolute Gasteiger partial charge is 0.340 e. The van der Waals surface area contributed by atoms with Gasteiger partial charge in [-0.25, -0.2) is 4.79 Å². The molecule has 4 nitrogen and oxygen atoms in total. The van der Waals surface area contributed by atoms with Crippen LogP contribution in [0.2, 0.25) is 0 Å². The van der Waals surface area contributed by atoms with Crippen LogP contribution in [-0.4, -0.2) is 32.2 Å². The highest BCUT2D eigenvalue weighted by molar-refractivity contribution is 6.00. The standard InChI is InChI=1S/C13H18N2O2/c1-13(2)8-15(3)11-9(12(16)17-4)6-5-7-10(11)14-13/h5-7,14H,8H2,1-4H3. The molecule has 0 radical (unpaired) electrons. The Labute approximate surface area is 102 Å². The highest BCUT2D eigenvalue weighted by Gasteiger charge is 2.30. The van der Waals surface area contributed by atoms with E-state index in [-0.39, 0.29) is 11.5 Å². The maximum Gasteiger partial charge on any atom is 0.340 e. The van der Waals surface area contributed by atoms with E-state index in [9.17, 15) is 4.79 Å². The molecule has 0 aliphatic carbocycles. The van der Waals surface area contributed by atoms with E-state index in [0.29, 0.717) is 5.56 Å². The van der Waals surface area contributed by atoms with Crippen molar-refractivity contribution in [3.63, 3.8) is 0 Å². The fourth-order valence-corrected chi connectivity index (χ4v) is 2.41. The number of anilines is 2. The van der Waals surface area contributed by atoms with Gasteiger partial charge in [0.1, 0.15) is 0 Å². The van der Waals surface area contributed by atoms with Crippen molar-refractivity contribution in [3.8, 4) is 0 Å². The molecule has 1 N–H and O–H groups in total. The first-order chi connectivity index (χ1) is 7.94. The fourth-order valence-electron chi connectivity index (χ4n) is 2.41. The number of benzene rings is 1. The number of carbonyl (C=O) groups excluding carboxylic acids is 1. The average Bonchev–Trinajstić information content (AvgIpc) is 2.25. The molecule has 0 atom stereocenters. The maximum absolute atomic E-state index is 11.7. The van der Waals surface area contributed by atoms with Crippen LogP contribution in [0.4, 0.5) is 11.4 Å². The number of carbonyl (C=O) groups is 1. The number of hydrogen-bond donors (Lipinski definition) is 1. The van der Waals surface area contributed by atoms with Gasteiger partial charge in [-0.2, -0.15) is 0 Å². The van der Waals surface area contributed by atoms with Gasteiger partial charge in [-0.15, -0.1) is 0 Å². The summed E-state index contributed by atoms with van der Waals surface area (Å²) in [5, 5.41) is 3.44. The number of likely N-dealkylation sites (N-methyl/N-ethyl adjacent to an activating group) is 1. The number of hydrogen-bond acceptors (Lipinski definition) is 4. The van der Waals surface area contributed by atoms with Crippen LogP contribution in [0.3, 0.4) is 0 Å². The van der Waals surface area contributed by atoms with Gasteiger partial charge < -0.3 is 15.0 Å². The lowest BCUT2D eigenvalue weighted by Gasteiger charge is -2.40. The van der Waals surface area contributed by atoms with E-state index in [2.05, 4.69) is 24.1 Å². The van der Waals surface area contributed by atoms with Gasteiger partial charge in [0, 0.05) is 19.1 Å². The Balaban J connectivity index is 2.52. The largest absolute Gasteiger partial charge is 0.465 e. The Hall–Kier alpha value is -1.71. The number of methoxy groups -OCH3 is 1. The first kappa shape index (κ1) is 11.8. The molecule has 0 saturated heterocycles. The van der Waals surface area contributed by atoms with E-state index >= 15 is 0 Å². The van der Waals surface area contributed by atoms with Gasteiger partial charge in [0.25, 0.3) is 0 Å². The topological polar surface area (TPSA) is 41.6 Å². The lowest BCUT2D eigenvalue weighted by atomic mass is 9.98. The summed E-state index contributed by atoms with van der Waals surface area (Å²) in [5.41, 5.74) is 2.50. The van der Waals surface area contributed by atoms with Gasteiger partial charge >= 0.3 is 5.97 Å². The third-order valence-corrected chi connectivity index (χ3v) is 2.93. The molecule has 1 aliphatic heterocycles. The van der Waals surface area contributed by atoms with E-state index in [1.165, 1.54) is 7.11 Å². The molecule has 0 saturated carbocycles. The Kier molecular flexibility index (Phi) is 2.73. The van der Waals surface area contributed by atoms with Crippen molar-refractivity contribution in [2.45, 2.75) is 19.4 Å². The van der Waals surface area contributed by atoms with Crippen molar-refractivity contribution in [2.24, 2.45) is 0 Å². The molecule has 0 unspecified atom stereocenters. The molecule has 0 amide bonds. The third kappa shape index (κ3) is 2.07. The normalized spacial score (nSPS) is 17.1. The lowest BCUT2D eigenvalue weighted by molar-refractivity contribution is 0.0601. The number of fused-ring (bicyclic) bond motifs is 1. The van der Waals surface area contributed by atoms with Crippen LogP contribution < -0.4 is 10.2 Å². The van der Waals surface area contributed by atoms with E-state index in [1.54, 1.807) is 6.07 Å². The predicted octanol–water partition coefficient (Wildman–Crippen LogP) is 2.11. The minimum Gasteiger partial charge on any atom is -0.465 e. The van der Waals surface area contributed by atoms with Crippen molar-refractivity contribution in [1.29, 1.82) is 0 Å². The second-order valence-corrected chi connectivity index (χ2v) is 5.06. The molecule has 17 heavy (non-hydrogen) atoms. The van der Waals surface area contributed by atoms with E-state index in [1.807, 2.05) is 19.2 Å². The summed E-state index contributed by atoms with van der Waals surface area (Å²) in [6, 6.07) is 5.65. The van der Waals surface area contributed by atoms with Crippen LogP contribution in [0.1, 0.15) is 24.2 Å². The molecular weight excluding hydrogens is 216 g/mol. The van der Waals surface area contributed by atoms with Crippen molar-refractivity contribution in [3.05, 3.63) is 23.8 Å². The van der Waals surface area contributed by atoms with Crippen molar-refractivity contribution in [2.75, 3.05) is 30.9 Å². The Morgan fingerprint density at radius 2 is 2.18 bits per heavy atom. The molecule has 1 aliphatic rings. The first-order valence-corrected chi connectivity index (χ1v) is 5.65. The van der Waals surface area contributed by atoms with E-state index in [0.717, 1.165) is 17.9 Å². The molecule has 1 heterocycles. The number of esters is 1. The second-order valence-electron chi connectivity index (χ2n) is 5.06. The van der Waals surface area contributed by atoms with Crippen LogP contribution in [0.15, 0.2) is 18.2 Å². The van der Waals surface area contributed by atoms with Crippen LogP contribution in [0, 0.1) is 0 Å². The average molecular weight is 234 g/mol. The monoisotopic (exact) mass is 234 g/mol. The molecule has 0 fully saturated rings. The summed E-state index contributed by atoms with van der Waals surface area (Å²) in [7, 11) is 3.40. The summed E-state index contributed by atoms with van der Waals surface area (Å²) in [4.78, 5) is 13.8. The van der Waals surface area contributed by atoms with Gasteiger partial charge in [0.15, 0.2) is 0 Å². The fraction of sp³-hybridized carbons (Fsp3) is 0.462. The molecule has 4 heteroatoms. The highest BCUT2D eigenvalue weighted by atomic mass is 16.5. The van der Waals surface area contributed by atoms with Crippen LogP contribution in [-0.2, 0) is 4.74 Å². The molecule has 92 valence electrons. The molecule has 0 aromatic heterocycles. The molecule has 1 aromatic rings. The number of rotatable bonds is 1. The van der Waals surface area contributed by atoms with Gasteiger partial charge in [0.2, 0.25) is 0 Å². The lowest BCUT2D eigenvalue weighted by Crippen LogP contribution is -2.47. The molecule has 1 aromatic carbocycles. The van der Waals surface area contributed by atoms with Gasteiger partial charge in [0.05, 0.1) is 24.0 Å². The number of para-hydroxylation sites is 1. The second kappa shape index (κ2) is 3.95. The quantitative estimate of drug-likeness (QED) is 0.756.